The van der Waals surface area contributed by atoms with Gasteiger partial charge in [-0.2, -0.15) is 0 Å². The molecule has 1 atom stereocenters. The first-order valence-electron chi connectivity index (χ1n) is 8.78. The quantitative estimate of drug-likeness (QED) is 0.905. The van der Waals surface area contributed by atoms with Gasteiger partial charge in [-0.05, 0) is 56.3 Å². The van der Waals surface area contributed by atoms with Crippen molar-refractivity contribution in [3.63, 3.8) is 0 Å². The first-order chi connectivity index (χ1) is 10.7. The molecule has 0 spiro atoms. The monoisotopic (exact) mass is 300 g/mol. The molecule has 0 radical (unpaired) electrons. The third kappa shape index (κ3) is 3.70. The number of benzene rings is 1. The Morgan fingerprint density at radius 3 is 2.68 bits per heavy atom. The highest BCUT2D eigenvalue weighted by Crippen LogP contribution is 2.27. The molecule has 1 amide bonds. The summed E-state index contributed by atoms with van der Waals surface area (Å²) in [4.78, 5) is 15.1. The molecule has 0 aromatic heterocycles. The summed E-state index contributed by atoms with van der Waals surface area (Å²) in [6, 6.07) is 8.93. The average molecular weight is 300 g/mol. The van der Waals surface area contributed by atoms with Gasteiger partial charge >= 0.3 is 0 Å². The second-order valence-corrected chi connectivity index (χ2v) is 6.95. The molecule has 1 N–H and O–H groups in total. The van der Waals surface area contributed by atoms with Gasteiger partial charge < -0.3 is 10.2 Å². The zero-order chi connectivity index (χ0) is 15.4. The molecule has 2 aliphatic rings. The molecule has 22 heavy (non-hydrogen) atoms. The van der Waals surface area contributed by atoms with Crippen LogP contribution in [-0.2, 0) is 11.3 Å². The second-order valence-electron chi connectivity index (χ2n) is 6.95. The fraction of sp³-hybridized carbons (Fsp3) is 0.632. The third-order valence-electron chi connectivity index (χ3n) is 5.31. The topological polar surface area (TPSA) is 32.3 Å². The van der Waals surface area contributed by atoms with Crippen LogP contribution in [0.3, 0.4) is 0 Å². The van der Waals surface area contributed by atoms with Crippen molar-refractivity contribution in [2.75, 3.05) is 13.1 Å². The molecule has 1 aliphatic heterocycles. The van der Waals surface area contributed by atoms with Gasteiger partial charge in [-0.1, -0.05) is 37.1 Å². The fourth-order valence-electron chi connectivity index (χ4n) is 3.86. The van der Waals surface area contributed by atoms with Gasteiger partial charge in [-0.25, -0.2) is 0 Å². The van der Waals surface area contributed by atoms with E-state index in [0.717, 1.165) is 32.5 Å². The van der Waals surface area contributed by atoms with Crippen molar-refractivity contribution in [2.24, 2.45) is 5.92 Å². The Balaban J connectivity index is 1.71. The predicted octanol–water partition coefficient (Wildman–Crippen LogP) is 3.27. The summed E-state index contributed by atoms with van der Waals surface area (Å²) in [7, 11) is 0. The Labute approximate surface area is 134 Å². The Morgan fingerprint density at radius 2 is 2.00 bits per heavy atom. The summed E-state index contributed by atoms with van der Waals surface area (Å²) in [5.74, 6) is 0.900. The van der Waals surface area contributed by atoms with Crippen LogP contribution in [0, 0.1) is 12.8 Å². The highest BCUT2D eigenvalue weighted by molar-refractivity contribution is 5.77. The molecule has 120 valence electrons. The van der Waals surface area contributed by atoms with Crippen LogP contribution in [0.4, 0.5) is 0 Å². The van der Waals surface area contributed by atoms with Crippen LogP contribution >= 0.6 is 0 Å². The van der Waals surface area contributed by atoms with E-state index in [9.17, 15) is 4.79 Å². The Hall–Kier alpha value is -1.35. The molecule has 1 saturated heterocycles. The van der Waals surface area contributed by atoms with Crippen molar-refractivity contribution in [2.45, 2.75) is 58.0 Å². The maximum absolute atomic E-state index is 12.9. The van der Waals surface area contributed by atoms with E-state index in [1.54, 1.807) is 0 Å². The molecule has 1 heterocycles. The van der Waals surface area contributed by atoms with Crippen LogP contribution in [0.2, 0.25) is 0 Å². The lowest BCUT2D eigenvalue weighted by Crippen LogP contribution is -2.39. The van der Waals surface area contributed by atoms with Crippen LogP contribution in [0.15, 0.2) is 24.3 Å². The van der Waals surface area contributed by atoms with Gasteiger partial charge in [0.05, 0.1) is 0 Å². The van der Waals surface area contributed by atoms with Gasteiger partial charge in [-0.3, -0.25) is 4.79 Å². The lowest BCUT2D eigenvalue weighted by Gasteiger charge is -2.30. The standard InChI is InChI=1S/C19H28N2O/c1-15-6-2-3-7-17(15)14-21(18-8-4-5-9-18)19(22)12-16-10-11-20-13-16/h2-3,6-7,16,18,20H,4-5,8-14H2,1H3/t16-/m1/s1. The van der Waals surface area contributed by atoms with Gasteiger partial charge in [0.1, 0.15) is 0 Å². The lowest BCUT2D eigenvalue weighted by molar-refractivity contribution is -0.135. The SMILES string of the molecule is Cc1ccccc1CN(C(=O)C[C@H]1CCNC1)C1CCCC1. The normalized spacial score (nSPS) is 22.1. The smallest absolute Gasteiger partial charge is 0.223 e. The molecule has 0 unspecified atom stereocenters. The number of hydrogen-bond acceptors (Lipinski definition) is 2. The van der Waals surface area contributed by atoms with Crippen LogP contribution in [0.25, 0.3) is 0 Å². The Kier molecular flexibility index (Phi) is 5.14. The average Bonchev–Trinajstić information content (AvgIpc) is 3.19. The second kappa shape index (κ2) is 7.28. The summed E-state index contributed by atoms with van der Waals surface area (Å²) >= 11 is 0. The summed E-state index contributed by atoms with van der Waals surface area (Å²) < 4.78 is 0. The number of hydrogen-bond donors (Lipinski definition) is 1. The molecule has 1 aliphatic carbocycles. The minimum atomic E-state index is 0.365. The van der Waals surface area contributed by atoms with Crippen LogP contribution < -0.4 is 5.32 Å². The van der Waals surface area contributed by atoms with Gasteiger partial charge in [-0.15, -0.1) is 0 Å². The number of nitrogens with one attached hydrogen (secondary N) is 1. The Morgan fingerprint density at radius 1 is 1.23 bits per heavy atom. The molecule has 3 nitrogen and oxygen atoms in total. The summed E-state index contributed by atoms with van der Waals surface area (Å²) in [6.07, 6.45) is 6.77. The zero-order valence-electron chi connectivity index (χ0n) is 13.7. The van der Waals surface area contributed by atoms with E-state index in [2.05, 4.69) is 41.4 Å². The maximum Gasteiger partial charge on any atom is 0.223 e. The highest BCUT2D eigenvalue weighted by atomic mass is 16.2. The first-order valence-corrected chi connectivity index (χ1v) is 8.78. The minimum Gasteiger partial charge on any atom is -0.335 e. The van der Waals surface area contributed by atoms with Crippen molar-refractivity contribution < 1.29 is 4.79 Å². The molecule has 1 aromatic rings. The van der Waals surface area contributed by atoms with Gasteiger partial charge in [0.25, 0.3) is 0 Å². The molecular formula is C19H28N2O. The third-order valence-corrected chi connectivity index (χ3v) is 5.31. The van der Waals surface area contributed by atoms with E-state index in [-0.39, 0.29) is 0 Å². The van der Waals surface area contributed by atoms with Gasteiger partial charge in [0.2, 0.25) is 5.91 Å². The lowest BCUT2D eigenvalue weighted by atomic mass is 10.0. The number of amides is 1. The number of rotatable bonds is 5. The van der Waals surface area contributed by atoms with Crippen molar-refractivity contribution in [3.8, 4) is 0 Å². The highest BCUT2D eigenvalue weighted by Gasteiger charge is 2.29. The number of carbonyl (C=O) groups excluding carboxylic acids is 1. The van der Waals surface area contributed by atoms with Crippen LogP contribution in [-0.4, -0.2) is 29.9 Å². The van der Waals surface area contributed by atoms with E-state index in [0.29, 0.717) is 17.9 Å². The fourth-order valence-corrected chi connectivity index (χ4v) is 3.86. The van der Waals surface area contributed by atoms with E-state index >= 15 is 0 Å². The maximum atomic E-state index is 12.9. The number of carbonyl (C=O) groups is 1. The first kappa shape index (κ1) is 15.5. The summed E-state index contributed by atoms with van der Waals surface area (Å²) in [6.45, 7) is 5.01. The van der Waals surface area contributed by atoms with Crippen LogP contribution in [0.1, 0.15) is 49.7 Å². The Bertz CT molecular complexity index is 502. The van der Waals surface area contributed by atoms with E-state index in [1.807, 2.05) is 0 Å². The predicted molar refractivity (Wildman–Crippen MR) is 89.6 cm³/mol. The van der Waals surface area contributed by atoms with Crippen LogP contribution in [0.5, 0.6) is 0 Å². The van der Waals surface area contributed by atoms with Crippen molar-refractivity contribution >= 4 is 5.91 Å². The summed E-state index contributed by atoms with van der Waals surface area (Å²) in [5, 5.41) is 3.37. The molecule has 3 heteroatoms. The summed E-state index contributed by atoms with van der Waals surface area (Å²) in [5.41, 5.74) is 2.59. The van der Waals surface area contributed by atoms with E-state index in [1.165, 1.54) is 36.8 Å². The zero-order valence-corrected chi connectivity index (χ0v) is 13.7. The van der Waals surface area contributed by atoms with Crippen molar-refractivity contribution in [1.82, 2.24) is 10.2 Å². The van der Waals surface area contributed by atoms with E-state index in [4.69, 9.17) is 0 Å². The van der Waals surface area contributed by atoms with Crippen molar-refractivity contribution in [1.29, 1.82) is 0 Å². The molecule has 2 fully saturated rings. The molecule has 3 rings (SSSR count). The largest absolute Gasteiger partial charge is 0.335 e. The van der Waals surface area contributed by atoms with E-state index < -0.39 is 0 Å². The number of nitrogens with zero attached hydrogens (tertiary/aromatic N) is 1. The number of aryl methyl sites for hydroxylation is 1. The van der Waals surface area contributed by atoms with Crippen molar-refractivity contribution in [3.05, 3.63) is 35.4 Å². The molecule has 1 aromatic carbocycles. The molecule has 1 saturated carbocycles. The van der Waals surface area contributed by atoms with Gasteiger partial charge in [0.15, 0.2) is 0 Å². The van der Waals surface area contributed by atoms with Gasteiger partial charge in [0, 0.05) is 19.0 Å². The minimum absolute atomic E-state index is 0.365. The molecular weight excluding hydrogens is 272 g/mol. The molecule has 0 bridgehead atoms.